The first kappa shape index (κ1) is 19.9. The van der Waals surface area contributed by atoms with Crippen molar-refractivity contribution in [3.63, 3.8) is 0 Å². The number of rotatable bonds is 5. The number of hydrogen-bond acceptors (Lipinski definition) is 2. The largest absolute Gasteiger partial charge is 0.324 e. The van der Waals surface area contributed by atoms with Gasteiger partial charge in [-0.2, -0.15) is 5.10 Å². The molecule has 4 nitrogen and oxygen atoms in total. The van der Waals surface area contributed by atoms with Gasteiger partial charge in [-0.05, 0) is 26.0 Å². The first-order valence-electron chi connectivity index (χ1n) is 9.76. The number of aromatic nitrogens is 2. The van der Waals surface area contributed by atoms with E-state index in [1.807, 2.05) is 92.7 Å². The van der Waals surface area contributed by atoms with Crippen molar-refractivity contribution in [2.24, 2.45) is 0 Å². The van der Waals surface area contributed by atoms with E-state index < -0.39 is 0 Å². The molecular formula is C25H22ClN3O. The zero-order chi connectivity index (χ0) is 21.1. The lowest BCUT2D eigenvalue weighted by Gasteiger charge is -2.09. The maximum absolute atomic E-state index is 12.7. The summed E-state index contributed by atoms with van der Waals surface area (Å²) < 4.78 is 1.68. The fourth-order valence-corrected chi connectivity index (χ4v) is 3.65. The van der Waals surface area contributed by atoms with Crippen LogP contribution < -0.4 is 5.32 Å². The van der Waals surface area contributed by atoms with Gasteiger partial charge in [-0.25, -0.2) is 0 Å². The van der Waals surface area contributed by atoms with E-state index in [2.05, 4.69) is 5.32 Å². The minimum atomic E-state index is -0.163. The quantitative estimate of drug-likeness (QED) is 0.426. The van der Waals surface area contributed by atoms with E-state index in [0.717, 1.165) is 33.6 Å². The molecule has 0 spiro atoms. The van der Waals surface area contributed by atoms with Crippen LogP contribution >= 0.6 is 11.6 Å². The molecule has 3 aromatic carbocycles. The number of amides is 1. The second-order valence-corrected chi connectivity index (χ2v) is 7.69. The van der Waals surface area contributed by atoms with Gasteiger partial charge in [0.25, 0.3) is 0 Å². The van der Waals surface area contributed by atoms with Crippen LogP contribution in [0.15, 0.2) is 78.9 Å². The lowest BCUT2D eigenvalue weighted by atomic mass is 10.1. The van der Waals surface area contributed by atoms with Gasteiger partial charge in [0.2, 0.25) is 5.91 Å². The van der Waals surface area contributed by atoms with Crippen LogP contribution in [0.3, 0.4) is 0 Å². The predicted molar refractivity (Wildman–Crippen MR) is 123 cm³/mol. The van der Waals surface area contributed by atoms with Gasteiger partial charge in [-0.3, -0.25) is 9.48 Å². The van der Waals surface area contributed by atoms with Crippen LogP contribution in [0.25, 0.3) is 22.5 Å². The summed E-state index contributed by atoms with van der Waals surface area (Å²) in [5, 5.41) is 8.16. The van der Waals surface area contributed by atoms with Gasteiger partial charge < -0.3 is 5.32 Å². The molecule has 0 bridgehead atoms. The van der Waals surface area contributed by atoms with Gasteiger partial charge in [0.05, 0.1) is 10.7 Å². The molecule has 150 valence electrons. The topological polar surface area (TPSA) is 46.9 Å². The molecule has 1 amide bonds. The van der Waals surface area contributed by atoms with Crippen molar-refractivity contribution in [3.05, 3.63) is 95.0 Å². The van der Waals surface area contributed by atoms with Gasteiger partial charge in [0.1, 0.15) is 12.2 Å². The Bertz CT molecular complexity index is 1160. The standard InChI is InChI=1S/C25H22ClN3O/c1-17-8-12-19(13-9-17)24-23(26)25(20-14-10-18(2)11-15-20)29(28-24)16-22(30)27-21-6-4-3-5-7-21/h3-15H,16H2,1-2H3,(H,27,30). The number of hydrogen-bond donors (Lipinski definition) is 1. The van der Waals surface area contributed by atoms with E-state index in [-0.39, 0.29) is 12.5 Å². The molecular weight excluding hydrogens is 394 g/mol. The maximum Gasteiger partial charge on any atom is 0.246 e. The van der Waals surface area contributed by atoms with E-state index in [1.54, 1.807) is 4.68 Å². The zero-order valence-corrected chi connectivity index (χ0v) is 17.6. The molecule has 0 unspecified atom stereocenters. The molecule has 4 aromatic rings. The summed E-state index contributed by atoms with van der Waals surface area (Å²) in [7, 11) is 0. The fraction of sp³-hybridized carbons (Fsp3) is 0.120. The summed E-state index contributed by atoms with van der Waals surface area (Å²) >= 11 is 6.81. The fourth-order valence-electron chi connectivity index (χ4n) is 3.30. The van der Waals surface area contributed by atoms with E-state index in [1.165, 1.54) is 0 Å². The highest BCUT2D eigenvalue weighted by Crippen LogP contribution is 2.36. The second-order valence-electron chi connectivity index (χ2n) is 7.32. The first-order chi connectivity index (χ1) is 14.5. The molecule has 0 saturated carbocycles. The molecule has 1 aromatic heterocycles. The third kappa shape index (κ3) is 4.29. The van der Waals surface area contributed by atoms with Crippen LogP contribution in [0, 0.1) is 13.8 Å². The zero-order valence-electron chi connectivity index (χ0n) is 16.9. The Hall–Kier alpha value is -3.37. The van der Waals surface area contributed by atoms with E-state index in [9.17, 15) is 4.79 Å². The van der Waals surface area contributed by atoms with Crippen LogP contribution in [0.5, 0.6) is 0 Å². The van der Waals surface area contributed by atoms with Crippen molar-refractivity contribution >= 4 is 23.2 Å². The van der Waals surface area contributed by atoms with Crippen molar-refractivity contribution in [1.29, 1.82) is 0 Å². The molecule has 0 radical (unpaired) electrons. The molecule has 0 aliphatic carbocycles. The Kier molecular flexibility index (Phi) is 5.68. The Balaban J connectivity index is 1.73. The van der Waals surface area contributed by atoms with Crippen molar-refractivity contribution in [3.8, 4) is 22.5 Å². The van der Waals surface area contributed by atoms with E-state index >= 15 is 0 Å². The Morgan fingerprint density at radius 2 is 1.43 bits per heavy atom. The van der Waals surface area contributed by atoms with Crippen molar-refractivity contribution in [2.45, 2.75) is 20.4 Å². The van der Waals surface area contributed by atoms with Gasteiger partial charge in [0.15, 0.2) is 0 Å². The monoisotopic (exact) mass is 415 g/mol. The van der Waals surface area contributed by atoms with Crippen LogP contribution in [-0.2, 0) is 11.3 Å². The highest BCUT2D eigenvalue weighted by molar-refractivity contribution is 6.35. The SMILES string of the molecule is Cc1ccc(-c2nn(CC(=O)Nc3ccccc3)c(-c3ccc(C)cc3)c2Cl)cc1. The van der Waals surface area contributed by atoms with Crippen LogP contribution in [0.4, 0.5) is 5.69 Å². The third-order valence-electron chi connectivity index (χ3n) is 4.90. The lowest BCUT2D eigenvalue weighted by Crippen LogP contribution is -2.20. The van der Waals surface area contributed by atoms with E-state index in [4.69, 9.17) is 16.7 Å². The molecule has 30 heavy (non-hydrogen) atoms. The smallest absolute Gasteiger partial charge is 0.246 e. The summed E-state index contributed by atoms with van der Waals surface area (Å²) in [4.78, 5) is 12.7. The summed E-state index contributed by atoms with van der Waals surface area (Å²) in [5.74, 6) is -0.163. The molecule has 0 aliphatic heterocycles. The molecule has 0 saturated heterocycles. The number of nitrogens with one attached hydrogen (secondary N) is 1. The normalized spacial score (nSPS) is 10.8. The van der Waals surface area contributed by atoms with Crippen molar-refractivity contribution < 1.29 is 4.79 Å². The Labute approximate surface area is 181 Å². The summed E-state index contributed by atoms with van der Waals surface area (Å²) in [6, 6.07) is 25.5. The molecule has 0 fully saturated rings. The molecule has 5 heteroatoms. The number of para-hydroxylation sites is 1. The van der Waals surface area contributed by atoms with E-state index in [0.29, 0.717) is 10.7 Å². The van der Waals surface area contributed by atoms with Crippen molar-refractivity contribution in [1.82, 2.24) is 9.78 Å². The minimum Gasteiger partial charge on any atom is -0.324 e. The summed E-state index contributed by atoms with van der Waals surface area (Å²) in [5.41, 5.74) is 6.30. The average molecular weight is 416 g/mol. The van der Waals surface area contributed by atoms with Gasteiger partial charge >= 0.3 is 0 Å². The van der Waals surface area contributed by atoms with Crippen LogP contribution in [0.2, 0.25) is 5.02 Å². The number of carbonyl (C=O) groups is 1. The molecule has 0 aliphatic rings. The third-order valence-corrected chi connectivity index (χ3v) is 5.25. The Morgan fingerprint density at radius 1 is 0.867 bits per heavy atom. The molecule has 1 N–H and O–H groups in total. The number of anilines is 1. The first-order valence-corrected chi connectivity index (χ1v) is 10.1. The van der Waals surface area contributed by atoms with Gasteiger partial charge in [-0.1, -0.05) is 89.5 Å². The average Bonchev–Trinajstić information content (AvgIpc) is 3.05. The number of carbonyl (C=O) groups excluding carboxylic acids is 1. The summed E-state index contributed by atoms with van der Waals surface area (Å²) in [6.45, 7) is 4.13. The Morgan fingerprint density at radius 3 is 2.03 bits per heavy atom. The number of nitrogens with zero attached hydrogens (tertiary/aromatic N) is 2. The molecule has 4 rings (SSSR count). The van der Waals surface area contributed by atoms with Crippen molar-refractivity contribution in [2.75, 3.05) is 5.32 Å². The molecule has 1 heterocycles. The number of benzene rings is 3. The van der Waals surface area contributed by atoms with Gasteiger partial charge in [-0.15, -0.1) is 0 Å². The molecule has 0 atom stereocenters. The predicted octanol–water partition coefficient (Wildman–Crippen LogP) is 6.13. The highest BCUT2D eigenvalue weighted by atomic mass is 35.5. The van der Waals surface area contributed by atoms with Gasteiger partial charge in [0, 0.05) is 16.8 Å². The summed E-state index contributed by atoms with van der Waals surface area (Å²) in [6.07, 6.45) is 0. The second kappa shape index (κ2) is 8.56. The van der Waals surface area contributed by atoms with Crippen LogP contribution in [-0.4, -0.2) is 15.7 Å². The van der Waals surface area contributed by atoms with Crippen LogP contribution in [0.1, 0.15) is 11.1 Å². The maximum atomic E-state index is 12.7. The number of aryl methyl sites for hydroxylation is 2. The minimum absolute atomic E-state index is 0.0592. The number of halogens is 1. The lowest BCUT2D eigenvalue weighted by molar-refractivity contribution is -0.116. The highest BCUT2D eigenvalue weighted by Gasteiger charge is 2.20.